The molecule has 0 unspecified atom stereocenters. The van der Waals surface area contributed by atoms with Crippen molar-refractivity contribution in [2.75, 3.05) is 13.2 Å². The average molecular weight is 443 g/mol. The predicted molar refractivity (Wildman–Crippen MR) is 124 cm³/mol. The van der Waals surface area contributed by atoms with Gasteiger partial charge in [0.1, 0.15) is 17.9 Å². The number of aromatic nitrogens is 4. The number of benzene rings is 2. The van der Waals surface area contributed by atoms with Crippen molar-refractivity contribution in [1.82, 2.24) is 24.8 Å². The first kappa shape index (κ1) is 20.5. The monoisotopic (exact) mass is 443 g/mol. The van der Waals surface area contributed by atoms with Crippen molar-refractivity contribution in [1.29, 1.82) is 0 Å². The molecule has 1 aliphatic rings. The zero-order chi connectivity index (χ0) is 22.9. The molecule has 0 saturated heterocycles. The van der Waals surface area contributed by atoms with E-state index in [2.05, 4.69) is 44.5 Å². The summed E-state index contributed by atoms with van der Waals surface area (Å²) in [5.41, 5.74) is 4.05. The molecule has 0 radical (unpaired) electrons. The highest BCUT2D eigenvalue weighted by molar-refractivity contribution is 5.79. The zero-order valence-electron chi connectivity index (χ0n) is 17.8. The SMILES string of the molecule is Cn1c(=O)[nH]c(=O)c2[nH]c(C=CCNC(=O)OCC3c4ccccc4-c4ccccc43)nc21. The Hall–Kier alpha value is -4.40. The van der Waals surface area contributed by atoms with Crippen LogP contribution in [0.15, 0.2) is 64.2 Å². The summed E-state index contributed by atoms with van der Waals surface area (Å²) in [6, 6.07) is 16.3. The Bertz CT molecular complexity index is 1470. The van der Waals surface area contributed by atoms with E-state index in [1.54, 1.807) is 12.2 Å². The first-order chi connectivity index (χ1) is 16.0. The molecule has 0 saturated carbocycles. The maximum Gasteiger partial charge on any atom is 0.407 e. The molecule has 2 heterocycles. The average Bonchev–Trinajstić information content (AvgIpc) is 3.39. The van der Waals surface area contributed by atoms with Gasteiger partial charge in [-0.15, -0.1) is 0 Å². The fourth-order valence-corrected chi connectivity index (χ4v) is 4.16. The van der Waals surface area contributed by atoms with Gasteiger partial charge in [-0.3, -0.25) is 14.3 Å². The van der Waals surface area contributed by atoms with Crippen LogP contribution in [0, 0.1) is 0 Å². The third-order valence-corrected chi connectivity index (χ3v) is 5.76. The minimum Gasteiger partial charge on any atom is -0.449 e. The van der Waals surface area contributed by atoms with E-state index in [1.165, 1.54) is 22.7 Å². The van der Waals surface area contributed by atoms with Gasteiger partial charge in [0.25, 0.3) is 5.56 Å². The van der Waals surface area contributed by atoms with Gasteiger partial charge in [-0.25, -0.2) is 14.6 Å². The summed E-state index contributed by atoms with van der Waals surface area (Å²) in [4.78, 5) is 45.1. The van der Waals surface area contributed by atoms with Crippen LogP contribution in [-0.4, -0.2) is 38.8 Å². The van der Waals surface area contributed by atoms with Crippen LogP contribution in [0.2, 0.25) is 0 Å². The molecule has 3 N–H and O–H groups in total. The molecular weight excluding hydrogens is 422 g/mol. The lowest BCUT2D eigenvalue weighted by Crippen LogP contribution is -2.28. The van der Waals surface area contributed by atoms with Crippen LogP contribution in [0.25, 0.3) is 28.4 Å². The molecule has 2 aromatic carbocycles. The standard InChI is InChI=1S/C24H21N5O4/c1-29-21-20(22(30)28-23(29)31)26-19(27-21)11-6-12-25-24(32)33-13-18-16-9-4-2-7-14(16)15-8-3-5-10-17(15)18/h2-11,18H,12-13H2,1H3,(H,25,32)(H,26,27)(H,28,30,31). The summed E-state index contributed by atoms with van der Waals surface area (Å²) in [7, 11) is 1.52. The molecule has 1 aliphatic carbocycles. The predicted octanol–water partition coefficient (Wildman–Crippen LogP) is 2.50. The number of aromatic amines is 2. The quantitative estimate of drug-likeness (QED) is 0.438. The third-order valence-electron chi connectivity index (χ3n) is 5.76. The van der Waals surface area contributed by atoms with E-state index in [1.807, 2.05) is 24.3 Å². The van der Waals surface area contributed by atoms with Gasteiger partial charge in [-0.2, -0.15) is 0 Å². The van der Waals surface area contributed by atoms with Gasteiger partial charge in [0.05, 0.1) is 0 Å². The molecule has 2 aromatic heterocycles. The Balaban J connectivity index is 1.20. The van der Waals surface area contributed by atoms with Crippen LogP contribution in [-0.2, 0) is 11.8 Å². The number of fused-ring (bicyclic) bond motifs is 4. The molecule has 33 heavy (non-hydrogen) atoms. The van der Waals surface area contributed by atoms with Crippen molar-refractivity contribution in [3.63, 3.8) is 0 Å². The van der Waals surface area contributed by atoms with Gasteiger partial charge in [0, 0.05) is 19.5 Å². The molecule has 0 bridgehead atoms. The topological polar surface area (TPSA) is 122 Å². The van der Waals surface area contributed by atoms with Crippen LogP contribution in [0.5, 0.6) is 0 Å². The third kappa shape index (κ3) is 3.73. The fraction of sp³-hybridized carbons (Fsp3) is 0.167. The molecule has 0 fully saturated rings. The highest BCUT2D eigenvalue weighted by Crippen LogP contribution is 2.44. The number of nitrogens with zero attached hydrogens (tertiary/aromatic N) is 2. The molecule has 0 spiro atoms. The second-order valence-corrected chi connectivity index (χ2v) is 7.75. The van der Waals surface area contributed by atoms with Crippen molar-refractivity contribution >= 4 is 23.3 Å². The van der Waals surface area contributed by atoms with Gasteiger partial charge in [-0.1, -0.05) is 54.6 Å². The van der Waals surface area contributed by atoms with Gasteiger partial charge >= 0.3 is 11.8 Å². The van der Waals surface area contributed by atoms with E-state index in [9.17, 15) is 14.4 Å². The lowest BCUT2D eigenvalue weighted by Gasteiger charge is -2.14. The smallest absolute Gasteiger partial charge is 0.407 e. The Kier molecular flexibility index (Phi) is 5.14. The van der Waals surface area contributed by atoms with Gasteiger partial charge < -0.3 is 15.0 Å². The van der Waals surface area contributed by atoms with Crippen molar-refractivity contribution in [3.05, 3.63) is 92.4 Å². The lowest BCUT2D eigenvalue weighted by atomic mass is 9.98. The number of carbonyl (C=O) groups excluding carboxylic acids is 1. The normalized spacial score (nSPS) is 12.8. The Morgan fingerprint density at radius 2 is 1.76 bits per heavy atom. The second-order valence-electron chi connectivity index (χ2n) is 7.75. The Morgan fingerprint density at radius 3 is 2.45 bits per heavy atom. The summed E-state index contributed by atoms with van der Waals surface area (Å²) < 4.78 is 6.74. The molecule has 0 aliphatic heterocycles. The van der Waals surface area contributed by atoms with Crippen LogP contribution >= 0.6 is 0 Å². The number of amides is 1. The number of aryl methyl sites for hydroxylation is 1. The number of nitrogens with one attached hydrogen (secondary N) is 3. The molecule has 0 atom stereocenters. The molecule has 9 nitrogen and oxygen atoms in total. The number of hydrogen-bond acceptors (Lipinski definition) is 5. The molecule has 1 amide bonds. The minimum absolute atomic E-state index is 0.000947. The van der Waals surface area contributed by atoms with Gasteiger partial charge in [0.15, 0.2) is 5.65 Å². The van der Waals surface area contributed by atoms with Crippen LogP contribution in [0.1, 0.15) is 22.9 Å². The number of imidazole rings is 1. The first-order valence-corrected chi connectivity index (χ1v) is 10.5. The number of ether oxygens (including phenoxy) is 1. The molecule has 4 aromatic rings. The molecule has 9 heteroatoms. The highest BCUT2D eigenvalue weighted by atomic mass is 16.5. The van der Waals surface area contributed by atoms with E-state index in [-0.39, 0.29) is 30.2 Å². The minimum atomic E-state index is -0.536. The fourth-order valence-electron chi connectivity index (χ4n) is 4.16. The number of hydrogen-bond donors (Lipinski definition) is 3. The van der Waals surface area contributed by atoms with Gasteiger partial charge in [0.2, 0.25) is 0 Å². The number of alkyl carbamates (subject to hydrolysis) is 1. The Morgan fingerprint density at radius 1 is 1.09 bits per heavy atom. The maximum absolute atomic E-state index is 12.2. The Labute approximate surface area is 187 Å². The summed E-state index contributed by atoms with van der Waals surface area (Å²) in [5, 5.41) is 2.68. The van der Waals surface area contributed by atoms with Crippen molar-refractivity contribution < 1.29 is 9.53 Å². The number of H-pyrrole nitrogens is 2. The van der Waals surface area contributed by atoms with E-state index < -0.39 is 17.3 Å². The van der Waals surface area contributed by atoms with Crippen molar-refractivity contribution in [3.8, 4) is 11.1 Å². The number of rotatable bonds is 5. The number of carbonyl (C=O) groups is 1. The van der Waals surface area contributed by atoms with Crippen LogP contribution < -0.4 is 16.6 Å². The van der Waals surface area contributed by atoms with Crippen LogP contribution in [0.4, 0.5) is 4.79 Å². The van der Waals surface area contributed by atoms with E-state index in [0.29, 0.717) is 5.82 Å². The molecule has 5 rings (SSSR count). The van der Waals surface area contributed by atoms with Gasteiger partial charge in [-0.05, 0) is 28.3 Å². The van der Waals surface area contributed by atoms with E-state index in [0.717, 1.165) is 11.1 Å². The molecular formula is C24H21N5O4. The zero-order valence-corrected chi connectivity index (χ0v) is 17.8. The largest absolute Gasteiger partial charge is 0.449 e. The van der Waals surface area contributed by atoms with E-state index in [4.69, 9.17) is 4.74 Å². The summed E-state index contributed by atoms with van der Waals surface area (Å²) in [6.07, 6.45) is 2.77. The van der Waals surface area contributed by atoms with Crippen molar-refractivity contribution in [2.24, 2.45) is 7.05 Å². The summed E-state index contributed by atoms with van der Waals surface area (Å²) in [5.74, 6) is 0.394. The van der Waals surface area contributed by atoms with Crippen LogP contribution in [0.3, 0.4) is 0 Å². The summed E-state index contributed by atoms with van der Waals surface area (Å²) >= 11 is 0. The van der Waals surface area contributed by atoms with Crippen molar-refractivity contribution in [2.45, 2.75) is 5.92 Å². The lowest BCUT2D eigenvalue weighted by molar-refractivity contribution is 0.144. The first-order valence-electron chi connectivity index (χ1n) is 10.5. The second kappa shape index (κ2) is 8.27. The maximum atomic E-state index is 12.2. The molecule has 166 valence electrons. The summed E-state index contributed by atoms with van der Waals surface area (Å²) in [6.45, 7) is 0.451. The highest BCUT2D eigenvalue weighted by Gasteiger charge is 2.28. The van der Waals surface area contributed by atoms with E-state index >= 15 is 0 Å².